The van der Waals surface area contributed by atoms with Crippen LogP contribution in [0.1, 0.15) is 19.4 Å². The van der Waals surface area contributed by atoms with Gasteiger partial charge in [0.1, 0.15) is 0 Å². The number of benzene rings is 1. The maximum Gasteiger partial charge on any atom is 0.238 e. The van der Waals surface area contributed by atoms with Crippen molar-refractivity contribution in [1.29, 1.82) is 0 Å². The molecule has 1 aromatic rings. The second-order valence-electron chi connectivity index (χ2n) is 5.21. The molecule has 5 nitrogen and oxygen atoms in total. The average Bonchev–Trinajstić information content (AvgIpc) is 2.38. The fraction of sp³-hybridized carbons (Fsp3) is 0.462. The zero-order chi connectivity index (χ0) is 15.4. The Labute approximate surface area is 124 Å². The van der Waals surface area contributed by atoms with Crippen LogP contribution in [0.4, 0.5) is 0 Å². The number of carbonyl (C=O) groups is 1. The number of hydrogen-bond donors (Lipinski definition) is 2. The fourth-order valence-corrected chi connectivity index (χ4v) is 2.10. The maximum absolute atomic E-state index is 11.8. The molecule has 1 rings (SSSR count). The van der Waals surface area contributed by atoms with E-state index in [1.165, 1.54) is 12.1 Å². The first-order valence-electron chi connectivity index (χ1n) is 6.13. The zero-order valence-electron chi connectivity index (χ0n) is 11.5. The molecule has 0 heterocycles. The van der Waals surface area contributed by atoms with E-state index in [-0.39, 0.29) is 16.7 Å². The second kappa shape index (κ2) is 6.56. The van der Waals surface area contributed by atoms with Crippen molar-refractivity contribution in [2.24, 2.45) is 10.6 Å². The van der Waals surface area contributed by atoms with E-state index in [4.69, 9.17) is 16.7 Å². The number of hydrogen-bond acceptors (Lipinski definition) is 3. The third-order valence-corrected chi connectivity index (χ3v) is 4.50. The molecule has 0 spiro atoms. The Morgan fingerprint density at radius 2 is 1.85 bits per heavy atom. The molecule has 1 aromatic carbocycles. The Morgan fingerprint density at radius 1 is 1.30 bits per heavy atom. The van der Waals surface area contributed by atoms with E-state index < -0.39 is 15.4 Å². The van der Waals surface area contributed by atoms with Crippen molar-refractivity contribution in [2.45, 2.75) is 25.2 Å². The summed E-state index contributed by atoms with van der Waals surface area (Å²) < 4.78 is 22.2. The van der Waals surface area contributed by atoms with Crippen molar-refractivity contribution in [3.8, 4) is 0 Å². The van der Waals surface area contributed by atoms with Crippen LogP contribution in [-0.2, 0) is 21.2 Å². The summed E-state index contributed by atoms with van der Waals surface area (Å²) in [6.45, 7) is 4.01. The SMILES string of the molecule is CC(C)(CCl)C(=O)NCCc1ccc(S(N)(=O)=O)cc1. The molecule has 112 valence electrons. The number of rotatable bonds is 6. The van der Waals surface area contributed by atoms with Gasteiger partial charge in [-0.15, -0.1) is 11.6 Å². The summed E-state index contributed by atoms with van der Waals surface area (Å²) in [6, 6.07) is 6.27. The van der Waals surface area contributed by atoms with Crippen molar-refractivity contribution >= 4 is 27.5 Å². The first-order valence-corrected chi connectivity index (χ1v) is 8.21. The fourth-order valence-electron chi connectivity index (χ4n) is 1.47. The zero-order valence-corrected chi connectivity index (χ0v) is 13.1. The molecule has 0 aliphatic heterocycles. The summed E-state index contributed by atoms with van der Waals surface area (Å²) >= 11 is 5.71. The molecule has 0 radical (unpaired) electrons. The summed E-state index contributed by atoms with van der Waals surface area (Å²) in [5.41, 5.74) is 0.320. The Balaban J connectivity index is 2.54. The highest BCUT2D eigenvalue weighted by molar-refractivity contribution is 7.89. The van der Waals surface area contributed by atoms with Gasteiger partial charge in [-0.3, -0.25) is 4.79 Å². The molecule has 7 heteroatoms. The molecule has 1 amide bonds. The topological polar surface area (TPSA) is 89.3 Å². The minimum atomic E-state index is -3.66. The van der Waals surface area contributed by atoms with Crippen LogP contribution in [0.2, 0.25) is 0 Å². The van der Waals surface area contributed by atoms with E-state index in [2.05, 4.69) is 5.32 Å². The highest BCUT2D eigenvalue weighted by Gasteiger charge is 2.25. The van der Waals surface area contributed by atoms with Gasteiger partial charge >= 0.3 is 0 Å². The van der Waals surface area contributed by atoms with E-state index in [1.807, 2.05) is 0 Å². The summed E-state index contributed by atoms with van der Waals surface area (Å²) in [5.74, 6) is 0.149. The monoisotopic (exact) mass is 318 g/mol. The Kier molecular flexibility index (Phi) is 5.56. The molecule has 0 bridgehead atoms. The lowest BCUT2D eigenvalue weighted by atomic mass is 9.95. The van der Waals surface area contributed by atoms with Crippen LogP contribution in [0.25, 0.3) is 0 Å². The number of carbonyl (C=O) groups excluding carboxylic acids is 1. The molecule has 0 unspecified atom stereocenters. The summed E-state index contributed by atoms with van der Waals surface area (Å²) in [6.07, 6.45) is 0.606. The normalized spacial score (nSPS) is 12.2. The molecular weight excluding hydrogens is 300 g/mol. The van der Waals surface area contributed by atoms with Gasteiger partial charge in [-0.2, -0.15) is 0 Å². The minimum absolute atomic E-state index is 0.0774. The molecule has 20 heavy (non-hydrogen) atoms. The van der Waals surface area contributed by atoms with Gasteiger partial charge in [0.25, 0.3) is 0 Å². The van der Waals surface area contributed by atoms with Gasteiger partial charge in [0.15, 0.2) is 0 Å². The predicted molar refractivity (Wildman–Crippen MR) is 79.0 cm³/mol. The molecule has 0 saturated carbocycles. The van der Waals surface area contributed by atoms with Crippen LogP contribution in [0.3, 0.4) is 0 Å². The standard InChI is InChI=1S/C13H19ClN2O3S/c1-13(2,9-14)12(17)16-8-7-10-3-5-11(6-4-10)20(15,18)19/h3-6H,7-9H2,1-2H3,(H,16,17)(H2,15,18,19). The first-order chi connectivity index (χ1) is 9.16. The average molecular weight is 319 g/mol. The molecule has 3 N–H and O–H groups in total. The highest BCUT2D eigenvalue weighted by Crippen LogP contribution is 2.16. The Hall–Kier alpha value is -1.11. The van der Waals surface area contributed by atoms with E-state index >= 15 is 0 Å². The number of alkyl halides is 1. The maximum atomic E-state index is 11.8. The lowest BCUT2D eigenvalue weighted by molar-refractivity contribution is -0.128. The molecule has 0 saturated heterocycles. The van der Waals surface area contributed by atoms with Gasteiger partial charge in [-0.25, -0.2) is 13.6 Å². The minimum Gasteiger partial charge on any atom is -0.355 e. The van der Waals surface area contributed by atoms with Gasteiger partial charge in [0.2, 0.25) is 15.9 Å². The van der Waals surface area contributed by atoms with Gasteiger partial charge < -0.3 is 5.32 Å². The number of halogens is 1. The first kappa shape index (κ1) is 16.9. The number of nitrogens with two attached hydrogens (primary N) is 1. The number of amides is 1. The predicted octanol–water partition coefficient (Wildman–Crippen LogP) is 1.26. The van der Waals surface area contributed by atoms with Crippen LogP contribution < -0.4 is 10.5 Å². The lowest BCUT2D eigenvalue weighted by Gasteiger charge is -2.20. The van der Waals surface area contributed by atoms with Crippen LogP contribution >= 0.6 is 11.6 Å². The summed E-state index contributed by atoms with van der Waals surface area (Å²) in [4.78, 5) is 11.9. The van der Waals surface area contributed by atoms with E-state index in [0.29, 0.717) is 13.0 Å². The van der Waals surface area contributed by atoms with Crippen molar-refractivity contribution < 1.29 is 13.2 Å². The van der Waals surface area contributed by atoms with Gasteiger partial charge in [0.05, 0.1) is 10.3 Å². The number of nitrogens with one attached hydrogen (secondary N) is 1. The van der Waals surface area contributed by atoms with E-state index in [0.717, 1.165) is 5.56 Å². The second-order valence-corrected chi connectivity index (χ2v) is 7.04. The summed E-state index contributed by atoms with van der Waals surface area (Å²) in [5, 5.41) is 7.81. The van der Waals surface area contributed by atoms with Crippen LogP contribution in [0.15, 0.2) is 29.2 Å². The van der Waals surface area contributed by atoms with Crippen molar-refractivity contribution in [1.82, 2.24) is 5.32 Å². The highest BCUT2D eigenvalue weighted by atomic mass is 35.5. The Morgan fingerprint density at radius 3 is 2.30 bits per heavy atom. The lowest BCUT2D eigenvalue weighted by Crippen LogP contribution is -2.39. The summed E-state index contributed by atoms with van der Waals surface area (Å²) in [7, 11) is -3.66. The smallest absolute Gasteiger partial charge is 0.238 e. The van der Waals surface area contributed by atoms with Crippen molar-refractivity contribution in [3.63, 3.8) is 0 Å². The molecule has 0 aliphatic carbocycles. The van der Waals surface area contributed by atoms with Crippen LogP contribution in [0, 0.1) is 5.41 Å². The quantitative estimate of drug-likeness (QED) is 0.774. The van der Waals surface area contributed by atoms with E-state index in [9.17, 15) is 13.2 Å². The van der Waals surface area contributed by atoms with Crippen molar-refractivity contribution in [3.05, 3.63) is 29.8 Å². The molecule has 0 aliphatic rings. The van der Waals surface area contributed by atoms with Gasteiger partial charge in [-0.05, 0) is 38.0 Å². The molecule has 0 aromatic heterocycles. The van der Waals surface area contributed by atoms with Crippen LogP contribution in [0.5, 0.6) is 0 Å². The van der Waals surface area contributed by atoms with Gasteiger partial charge in [-0.1, -0.05) is 12.1 Å². The van der Waals surface area contributed by atoms with Crippen LogP contribution in [-0.4, -0.2) is 26.7 Å². The van der Waals surface area contributed by atoms with Crippen molar-refractivity contribution in [2.75, 3.05) is 12.4 Å². The molecule has 0 atom stereocenters. The van der Waals surface area contributed by atoms with E-state index in [1.54, 1.807) is 26.0 Å². The Bertz CT molecular complexity index is 568. The largest absolute Gasteiger partial charge is 0.355 e. The van der Waals surface area contributed by atoms with Gasteiger partial charge in [0, 0.05) is 12.4 Å². The molecule has 0 fully saturated rings. The molecular formula is C13H19ClN2O3S. The number of sulfonamides is 1. The third-order valence-electron chi connectivity index (χ3n) is 2.90. The third kappa shape index (κ3) is 4.77. The number of primary sulfonamides is 1.